The van der Waals surface area contributed by atoms with Gasteiger partial charge in [-0.2, -0.15) is 0 Å². The number of hydrogen-bond donors (Lipinski definition) is 2. The Labute approximate surface area is 246 Å². The number of amides is 1. The van der Waals surface area contributed by atoms with Crippen molar-refractivity contribution < 1.29 is 19.1 Å². The van der Waals surface area contributed by atoms with Crippen LogP contribution in [-0.4, -0.2) is 56.2 Å². The molecule has 39 heavy (non-hydrogen) atoms. The van der Waals surface area contributed by atoms with Crippen molar-refractivity contribution >= 4 is 11.7 Å². The zero-order valence-corrected chi connectivity index (χ0v) is 30.0. The lowest BCUT2D eigenvalue weighted by atomic mass is 9.71. The first-order valence-corrected chi connectivity index (χ1v) is 15.7. The maximum absolute atomic E-state index is 12.5. The van der Waals surface area contributed by atoms with E-state index in [-0.39, 0.29) is 33.7 Å². The number of likely N-dealkylation sites (N-methyl/N-ethyl adjacent to an activating group) is 1. The van der Waals surface area contributed by atoms with Gasteiger partial charge in [0.15, 0.2) is 0 Å². The van der Waals surface area contributed by atoms with Crippen molar-refractivity contribution in [2.75, 3.05) is 33.4 Å². The summed E-state index contributed by atoms with van der Waals surface area (Å²) in [6.45, 7) is 37.0. The highest BCUT2D eigenvalue weighted by atomic mass is 16.5. The molecule has 0 fully saturated rings. The van der Waals surface area contributed by atoms with Gasteiger partial charge in [-0.05, 0) is 71.8 Å². The number of carbonyl (C=O) groups excluding carboxylic acids is 2. The van der Waals surface area contributed by atoms with Crippen LogP contribution in [-0.2, 0) is 19.1 Å². The van der Waals surface area contributed by atoms with Crippen molar-refractivity contribution in [2.45, 2.75) is 161 Å². The van der Waals surface area contributed by atoms with Gasteiger partial charge in [0, 0.05) is 25.9 Å². The molecule has 2 N–H and O–H groups in total. The number of carbonyl (C=O) groups is 2. The molecule has 240 valence electrons. The highest BCUT2D eigenvalue weighted by Crippen LogP contribution is 2.38. The summed E-state index contributed by atoms with van der Waals surface area (Å²) in [4.78, 5) is 24.0. The van der Waals surface area contributed by atoms with Crippen LogP contribution in [0.4, 0.5) is 0 Å². The monoisotopic (exact) mass is 563 g/mol. The van der Waals surface area contributed by atoms with Gasteiger partial charge in [0.05, 0.1) is 24.4 Å². The first-order chi connectivity index (χ1) is 18.0. The van der Waals surface area contributed by atoms with E-state index in [1.54, 1.807) is 6.92 Å². The van der Waals surface area contributed by atoms with E-state index in [1.807, 2.05) is 62.4 Å². The summed E-state index contributed by atoms with van der Waals surface area (Å²) in [5, 5.41) is 6.13. The van der Waals surface area contributed by atoms with Gasteiger partial charge in [-0.25, -0.2) is 0 Å². The average Bonchev–Trinajstić information content (AvgIpc) is 2.82. The molecule has 0 atom stereocenters. The van der Waals surface area contributed by atoms with Gasteiger partial charge in [-0.15, -0.1) is 0 Å². The zero-order valence-electron chi connectivity index (χ0n) is 30.0. The Hall–Kier alpha value is -0.980. The molecule has 0 aromatic carbocycles. The molecule has 0 heterocycles. The molecule has 0 saturated heterocycles. The second-order valence-electron chi connectivity index (χ2n) is 11.7. The zero-order chi connectivity index (χ0) is 32.3. The standard InChI is InChI=1S/C25H50N2O4.4C2H6/c1-20(28)17-22(2,3)19-23(4,5)18-21(29)27-13-11-24(6,7)30-15-12-25(8,9)31-16-14-26-10;4*1-2/h26H,11-19H2,1-10H3,(H,27,29);4*1-2H3. The average molecular weight is 563 g/mol. The smallest absolute Gasteiger partial charge is 0.220 e. The largest absolute Gasteiger partial charge is 0.375 e. The Morgan fingerprint density at radius 3 is 1.46 bits per heavy atom. The first-order valence-electron chi connectivity index (χ1n) is 15.7. The maximum Gasteiger partial charge on any atom is 0.220 e. The van der Waals surface area contributed by atoms with E-state index in [4.69, 9.17) is 9.47 Å². The highest BCUT2D eigenvalue weighted by molar-refractivity contribution is 5.77. The number of ether oxygens (including phenoxy) is 2. The Morgan fingerprint density at radius 2 is 1.03 bits per heavy atom. The number of Topliss-reactive ketones (excluding diaryl/α,β-unsaturated/α-hetero) is 1. The van der Waals surface area contributed by atoms with Gasteiger partial charge in [0.2, 0.25) is 5.91 Å². The molecule has 6 heteroatoms. The summed E-state index contributed by atoms with van der Waals surface area (Å²) < 4.78 is 12.0. The fraction of sp³-hybridized carbons (Fsp3) is 0.939. The van der Waals surface area contributed by atoms with Crippen LogP contribution in [0.2, 0.25) is 0 Å². The number of rotatable bonds is 17. The SMILES string of the molecule is CC.CC.CC.CC.CNCCOC(C)(C)CCOC(C)(C)CCNC(=O)CC(C)(C)CC(C)(C)CC(C)=O. The topological polar surface area (TPSA) is 76.7 Å². The molecular formula is C33H74N2O4. The van der Waals surface area contributed by atoms with Crippen molar-refractivity contribution in [3.05, 3.63) is 0 Å². The maximum atomic E-state index is 12.5. The van der Waals surface area contributed by atoms with Crippen LogP contribution >= 0.6 is 0 Å². The molecule has 0 saturated carbocycles. The molecule has 0 rings (SSSR count). The molecule has 0 aromatic heterocycles. The molecule has 0 aliphatic heterocycles. The minimum atomic E-state index is -0.312. The van der Waals surface area contributed by atoms with Crippen molar-refractivity contribution in [1.82, 2.24) is 10.6 Å². The van der Waals surface area contributed by atoms with Crippen molar-refractivity contribution in [1.29, 1.82) is 0 Å². The van der Waals surface area contributed by atoms with Crippen molar-refractivity contribution in [3.63, 3.8) is 0 Å². The lowest BCUT2D eigenvalue weighted by Crippen LogP contribution is -2.37. The summed E-state index contributed by atoms with van der Waals surface area (Å²) in [6, 6.07) is 0. The predicted molar refractivity (Wildman–Crippen MR) is 174 cm³/mol. The molecule has 6 nitrogen and oxygen atoms in total. The van der Waals surface area contributed by atoms with Crippen LogP contribution in [0, 0.1) is 10.8 Å². The highest BCUT2D eigenvalue weighted by Gasteiger charge is 2.31. The number of ketones is 1. The Morgan fingerprint density at radius 1 is 0.615 bits per heavy atom. The van der Waals surface area contributed by atoms with Gasteiger partial charge in [0.1, 0.15) is 5.78 Å². The first kappa shape index (κ1) is 47.8. The van der Waals surface area contributed by atoms with Gasteiger partial charge in [-0.1, -0.05) is 83.1 Å². The van der Waals surface area contributed by atoms with Crippen molar-refractivity contribution in [3.8, 4) is 0 Å². The summed E-state index contributed by atoms with van der Waals surface area (Å²) in [6.07, 6.45) is 3.38. The van der Waals surface area contributed by atoms with Gasteiger partial charge in [0.25, 0.3) is 0 Å². The van der Waals surface area contributed by atoms with Gasteiger partial charge < -0.3 is 24.9 Å². The summed E-state index contributed by atoms with van der Waals surface area (Å²) >= 11 is 0. The molecule has 0 aliphatic rings. The second kappa shape index (κ2) is 27.2. The van der Waals surface area contributed by atoms with Crippen LogP contribution in [0.5, 0.6) is 0 Å². The number of nitrogens with one attached hydrogen (secondary N) is 2. The van der Waals surface area contributed by atoms with Gasteiger partial charge >= 0.3 is 0 Å². The molecule has 0 spiro atoms. The van der Waals surface area contributed by atoms with E-state index in [0.717, 1.165) is 25.8 Å². The van der Waals surface area contributed by atoms with Crippen LogP contribution < -0.4 is 10.6 Å². The lowest BCUT2D eigenvalue weighted by Gasteiger charge is -2.34. The van der Waals surface area contributed by atoms with Crippen LogP contribution in [0.15, 0.2) is 0 Å². The Balaban J connectivity index is -0.000000437. The van der Waals surface area contributed by atoms with E-state index in [1.165, 1.54) is 0 Å². The van der Waals surface area contributed by atoms with Crippen LogP contribution in [0.25, 0.3) is 0 Å². The normalized spacial score (nSPS) is 11.2. The van der Waals surface area contributed by atoms with E-state index >= 15 is 0 Å². The van der Waals surface area contributed by atoms with Crippen LogP contribution in [0.3, 0.4) is 0 Å². The van der Waals surface area contributed by atoms with Crippen LogP contribution in [0.1, 0.15) is 150 Å². The predicted octanol–water partition coefficient (Wildman–Crippen LogP) is 8.61. The summed E-state index contributed by atoms with van der Waals surface area (Å²) in [7, 11) is 1.91. The fourth-order valence-electron chi connectivity index (χ4n) is 4.24. The molecule has 0 radical (unpaired) electrons. The third kappa shape index (κ3) is 35.0. The Bertz CT molecular complexity index is 556. The van der Waals surface area contributed by atoms with E-state index in [0.29, 0.717) is 32.6 Å². The lowest BCUT2D eigenvalue weighted by molar-refractivity contribution is -0.123. The third-order valence-corrected chi connectivity index (χ3v) is 5.41. The fourth-order valence-corrected chi connectivity index (χ4v) is 4.24. The molecular weight excluding hydrogens is 488 g/mol. The minimum absolute atomic E-state index is 0.0542. The van der Waals surface area contributed by atoms with E-state index < -0.39 is 0 Å². The third-order valence-electron chi connectivity index (χ3n) is 5.41. The second-order valence-corrected chi connectivity index (χ2v) is 11.7. The molecule has 0 aliphatic carbocycles. The number of hydrogen-bond acceptors (Lipinski definition) is 5. The Kier molecular flexibility index (Phi) is 33.3. The molecule has 0 aromatic rings. The quantitative estimate of drug-likeness (QED) is 0.174. The summed E-state index contributed by atoms with van der Waals surface area (Å²) in [5.41, 5.74) is -0.792. The van der Waals surface area contributed by atoms with E-state index in [2.05, 4.69) is 66.0 Å². The summed E-state index contributed by atoms with van der Waals surface area (Å²) in [5.74, 6) is 0.249. The molecule has 0 unspecified atom stereocenters. The van der Waals surface area contributed by atoms with Crippen molar-refractivity contribution in [2.24, 2.45) is 10.8 Å². The van der Waals surface area contributed by atoms with E-state index in [9.17, 15) is 9.59 Å². The van der Waals surface area contributed by atoms with Gasteiger partial charge in [-0.3, -0.25) is 4.79 Å². The molecule has 0 bridgehead atoms. The minimum Gasteiger partial charge on any atom is -0.375 e. The molecule has 1 amide bonds.